The van der Waals surface area contributed by atoms with E-state index in [-0.39, 0.29) is 24.3 Å². The molecule has 0 bridgehead atoms. The van der Waals surface area contributed by atoms with E-state index in [4.69, 9.17) is 9.47 Å². The summed E-state index contributed by atoms with van der Waals surface area (Å²) >= 11 is 0. The molecular weight excluding hydrogens is 310 g/mol. The fraction of sp³-hybridized carbons (Fsp3) is 0.750. The zero-order valence-electron chi connectivity index (χ0n) is 15.0. The van der Waals surface area contributed by atoms with Crippen molar-refractivity contribution in [2.24, 2.45) is 0 Å². The van der Waals surface area contributed by atoms with Crippen LogP contribution in [0.25, 0.3) is 0 Å². The molecule has 0 aromatic carbocycles. The minimum Gasteiger partial charge on any atom is -0.383 e. The summed E-state index contributed by atoms with van der Waals surface area (Å²) in [5, 5.41) is 9.88. The Hall–Kier alpha value is -1.64. The normalized spacial score (nSPS) is 23.0. The van der Waals surface area contributed by atoms with Gasteiger partial charge in [0.1, 0.15) is 0 Å². The summed E-state index contributed by atoms with van der Waals surface area (Å²) in [5.41, 5.74) is 0.671. The van der Waals surface area contributed by atoms with E-state index in [1.807, 2.05) is 0 Å². The van der Waals surface area contributed by atoms with Crippen molar-refractivity contribution in [3.05, 3.63) is 12.4 Å². The van der Waals surface area contributed by atoms with Crippen molar-refractivity contribution in [3.63, 3.8) is 0 Å². The van der Waals surface area contributed by atoms with Gasteiger partial charge in [0.15, 0.2) is 0 Å². The Morgan fingerprint density at radius 2 is 2.17 bits per heavy atom. The first kappa shape index (κ1) is 18.7. The number of anilines is 1. The van der Waals surface area contributed by atoms with Gasteiger partial charge in [-0.3, -0.25) is 9.58 Å². The van der Waals surface area contributed by atoms with E-state index >= 15 is 0 Å². The highest BCUT2D eigenvalue weighted by molar-refractivity contribution is 5.88. The van der Waals surface area contributed by atoms with Gasteiger partial charge in [0.25, 0.3) is 0 Å². The minimum atomic E-state index is -0.220. The zero-order valence-corrected chi connectivity index (χ0v) is 15.0. The molecule has 0 aliphatic carbocycles. The second kappa shape index (κ2) is 9.00. The molecule has 8 nitrogen and oxygen atoms in total. The number of rotatable bonds is 7. The average molecular weight is 339 g/mol. The average Bonchev–Trinajstić information content (AvgIpc) is 2.97. The number of hydrogen-bond donors (Lipinski definition) is 2. The monoisotopic (exact) mass is 339 g/mol. The van der Waals surface area contributed by atoms with Crippen molar-refractivity contribution < 1.29 is 14.3 Å². The number of morpholine rings is 1. The number of methoxy groups -OCH3 is 1. The van der Waals surface area contributed by atoms with Crippen molar-refractivity contribution in [3.8, 4) is 0 Å². The second-order valence-electron chi connectivity index (χ2n) is 6.38. The lowest BCUT2D eigenvalue weighted by atomic mass is 10.2. The van der Waals surface area contributed by atoms with E-state index in [9.17, 15) is 4.79 Å². The van der Waals surface area contributed by atoms with Crippen molar-refractivity contribution in [2.75, 3.05) is 38.7 Å². The van der Waals surface area contributed by atoms with Gasteiger partial charge in [-0.2, -0.15) is 5.10 Å². The quantitative estimate of drug-likeness (QED) is 0.779. The molecule has 1 aliphatic rings. The van der Waals surface area contributed by atoms with Crippen LogP contribution in [0.3, 0.4) is 0 Å². The summed E-state index contributed by atoms with van der Waals surface area (Å²) < 4.78 is 12.5. The first-order chi connectivity index (χ1) is 11.5. The van der Waals surface area contributed by atoms with Crippen LogP contribution in [0.5, 0.6) is 0 Å². The van der Waals surface area contributed by atoms with E-state index in [1.54, 1.807) is 24.2 Å². The highest BCUT2D eigenvalue weighted by atomic mass is 16.5. The maximum atomic E-state index is 12.0. The van der Waals surface area contributed by atoms with Gasteiger partial charge in [-0.1, -0.05) is 0 Å². The molecule has 2 amide bonds. The molecule has 136 valence electrons. The number of urea groups is 1. The Morgan fingerprint density at radius 1 is 1.46 bits per heavy atom. The van der Waals surface area contributed by atoms with Crippen LogP contribution in [0.2, 0.25) is 0 Å². The third kappa shape index (κ3) is 5.77. The smallest absolute Gasteiger partial charge is 0.319 e. The van der Waals surface area contributed by atoms with Gasteiger partial charge in [0.05, 0.1) is 37.2 Å². The number of aromatic nitrogens is 2. The molecule has 1 aromatic rings. The lowest BCUT2D eigenvalue weighted by Gasteiger charge is -2.38. The number of nitrogens with zero attached hydrogens (tertiary/aromatic N) is 3. The molecule has 0 saturated carbocycles. The fourth-order valence-electron chi connectivity index (χ4n) is 2.86. The Morgan fingerprint density at radius 3 is 2.83 bits per heavy atom. The molecule has 2 N–H and O–H groups in total. The highest BCUT2D eigenvalue weighted by Crippen LogP contribution is 2.13. The molecule has 1 fully saturated rings. The van der Waals surface area contributed by atoms with E-state index in [0.29, 0.717) is 25.4 Å². The standard InChI is InChI=1S/C16H29N5O3/c1-12(20-9-13(2)24-14(3)10-20)7-17-16(22)19-15-8-18-21(11-15)5-6-23-4/h8,11-14H,5-7,9-10H2,1-4H3,(H2,17,19,22). The number of carbonyl (C=O) groups is 1. The van der Waals surface area contributed by atoms with Gasteiger partial charge in [-0.05, 0) is 20.8 Å². The van der Waals surface area contributed by atoms with Gasteiger partial charge >= 0.3 is 6.03 Å². The van der Waals surface area contributed by atoms with Gasteiger partial charge in [0, 0.05) is 39.0 Å². The van der Waals surface area contributed by atoms with Gasteiger partial charge in [-0.15, -0.1) is 0 Å². The number of nitrogens with one attached hydrogen (secondary N) is 2. The Balaban J connectivity index is 1.73. The summed E-state index contributed by atoms with van der Waals surface area (Å²) in [4.78, 5) is 14.4. The van der Waals surface area contributed by atoms with Gasteiger partial charge in [0.2, 0.25) is 0 Å². The molecule has 1 aliphatic heterocycles. The van der Waals surface area contributed by atoms with E-state index in [0.717, 1.165) is 13.1 Å². The lowest BCUT2D eigenvalue weighted by molar-refractivity contribution is -0.0777. The van der Waals surface area contributed by atoms with Crippen LogP contribution in [0.4, 0.5) is 10.5 Å². The van der Waals surface area contributed by atoms with Crippen molar-refractivity contribution in [2.45, 2.75) is 45.6 Å². The summed E-state index contributed by atoms with van der Waals surface area (Å²) in [5.74, 6) is 0. The summed E-state index contributed by atoms with van der Waals surface area (Å²) in [6.07, 6.45) is 3.86. The molecule has 3 atom stereocenters. The topological polar surface area (TPSA) is 80.7 Å². The lowest BCUT2D eigenvalue weighted by Crippen LogP contribution is -2.52. The van der Waals surface area contributed by atoms with Crippen LogP contribution in [0.1, 0.15) is 20.8 Å². The first-order valence-electron chi connectivity index (χ1n) is 8.43. The summed E-state index contributed by atoms with van der Waals surface area (Å²) in [6, 6.07) is 0.0384. The molecule has 0 spiro atoms. The Bertz CT molecular complexity index is 512. The fourth-order valence-corrected chi connectivity index (χ4v) is 2.86. The van der Waals surface area contributed by atoms with Gasteiger partial charge in [-0.25, -0.2) is 4.79 Å². The molecular formula is C16H29N5O3. The third-order valence-corrected chi connectivity index (χ3v) is 4.04. The minimum absolute atomic E-state index is 0.220. The molecule has 8 heteroatoms. The molecule has 0 radical (unpaired) electrons. The van der Waals surface area contributed by atoms with Crippen LogP contribution in [0, 0.1) is 0 Å². The molecule has 1 aromatic heterocycles. The van der Waals surface area contributed by atoms with Crippen LogP contribution in [-0.4, -0.2) is 72.3 Å². The van der Waals surface area contributed by atoms with Crippen LogP contribution < -0.4 is 10.6 Å². The van der Waals surface area contributed by atoms with Gasteiger partial charge < -0.3 is 20.1 Å². The highest BCUT2D eigenvalue weighted by Gasteiger charge is 2.25. The Labute approximate surface area is 143 Å². The molecule has 1 saturated heterocycles. The van der Waals surface area contributed by atoms with E-state index in [1.165, 1.54) is 0 Å². The maximum absolute atomic E-state index is 12.0. The third-order valence-electron chi connectivity index (χ3n) is 4.04. The molecule has 24 heavy (non-hydrogen) atoms. The van der Waals surface area contributed by atoms with E-state index in [2.05, 4.69) is 41.4 Å². The van der Waals surface area contributed by atoms with Crippen LogP contribution >= 0.6 is 0 Å². The van der Waals surface area contributed by atoms with Crippen LogP contribution in [-0.2, 0) is 16.0 Å². The van der Waals surface area contributed by atoms with E-state index < -0.39 is 0 Å². The summed E-state index contributed by atoms with van der Waals surface area (Å²) in [7, 11) is 1.65. The predicted molar refractivity (Wildman–Crippen MR) is 92.2 cm³/mol. The Kier molecular flexibility index (Phi) is 7.01. The number of ether oxygens (including phenoxy) is 2. The largest absolute Gasteiger partial charge is 0.383 e. The number of hydrogen-bond acceptors (Lipinski definition) is 5. The molecule has 3 unspecified atom stereocenters. The van der Waals surface area contributed by atoms with Crippen LogP contribution in [0.15, 0.2) is 12.4 Å². The van der Waals surface area contributed by atoms with Crippen molar-refractivity contribution in [1.29, 1.82) is 0 Å². The van der Waals surface area contributed by atoms with Crippen molar-refractivity contribution >= 4 is 11.7 Å². The molecule has 2 rings (SSSR count). The SMILES string of the molecule is COCCn1cc(NC(=O)NCC(C)N2CC(C)OC(C)C2)cn1. The van der Waals surface area contributed by atoms with Crippen molar-refractivity contribution in [1.82, 2.24) is 20.0 Å². The maximum Gasteiger partial charge on any atom is 0.319 e. The zero-order chi connectivity index (χ0) is 17.5. The predicted octanol–water partition coefficient (Wildman–Crippen LogP) is 1.15. The summed E-state index contributed by atoms with van der Waals surface area (Å²) in [6.45, 7) is 9.89. The first-order valence-corrected chi connectivity index (χ1v) is 8.43. The number of amides is 2. The second-order valence-corrected chi connectivity index (χ2v) is 6.38. The number of carbonyl (C=O) groups excluding carboxylic acids is 1. The molecule has 2 heterocycles.